The zero-order chi connectivity index (χ0) is 28.2. The van der Waals surface area contributed by atoms with Gasteiger partial charge in [0, 0.05) is 5.92 Å². The highest BCUT2D eigenvalue weighted by Crippen LogP contribution is 2.44. The van der Waals surface area contributed by atoms with Crippen LogP contribution in [0, 0.1) is 17.6 Å². The molecule has 1 aliphatic carbocycles. The molecule has 7 nitrogen and oxygen atoms in total. The summed E-state index contributed by atoms with van der Waals surface area (Å²) < 4.78 is 43.0. The average molecular weight is 547 g/mol. The number of rotatable bonds is 7. The lowest BCUT2D eigenvalue weighted by Crippen LogP contribution is -2.34. The molecule has 1 amide bonds. The molecule has 0 saturated heterocycles. The van der Waals surface area contributed by atoms with E-state index in [0.717, 1.165) is 41.7 Å². The number of hydrogen-bond donors (Lipinski definition) is 0. The van der Waals surface area contributed by atoms with Gasteiger partial charge in [-0.2, -0.15) is 5.10 Å². The summed E-state index contributed by atoms with van der Waals surface area (Å²) >= 11 is 0. The molecule has 0 bridgehead atoms. The summed E-state index contributed by atoms with van der Waals surface area (Å²) in [6, 6.07) is 16.3. The zero-order valence-electron chi connectivity index (χ0n) is 22.1. The van der Waals surface area contributed by atoms with Crippen molar-refractivity contribution in [2.75, 3.05) is 20.8 Å². The first-order valence-electron chi connectivity index (χ1n) is 12.9. The molecule has 40 heavy (non-hydrogen) atoms. The second-order valence-corrected chi connectivity index (χ2v) is 9.59. The number of hydrazone groups is 1. The van der Waals surface area contributed by atoms with Crippen LogP contribution in [0.3, 0.4) is 0 Å². The fourth-order valence-electron chi connectivity index (χ4n) is 5.20. The van der Waals surface area contributed by atoms with E-state index in [1.807, 2.05) is 6.08 Å². The van der Waals surface area contributed by atoms with E-state index in [4.69, 9.17) is 19.3 Å². The molecular weight excluding hydrogens is 518 g/mol. The minimum absolute atomic E-state index is 0.128. The molecule has 1 saturated carbocycles. The standard InChI is InChI=1S/C31H28F2N2O5/c1-38-26-15-10-22(17-27(26)39-2)31(37)40-18-28(36)35-30(20-8-13-24(33)14-9-20)25-5-3-4-21(29(25)34-35)16-19-6-11-23(32)12-7-19/h6-17,25,30H,3-5,18H2,1-2H3. The summed E-state index contributed by atoms with van der Waals surface area (Å²) in [5.41, 5.74) is 3.46. The van der Waals surface area contributed by atoms with Gasteiger partial charge in [-0.25, -0.2) is 18.6 Å². The number of amides is 1. The fraction of sp³-hybridized carbons (Fsp3) is 0.258. The third-order valence-corrected chi connectivity index (χ3v) is 7.13. The minimum atomic E-state index is -0.700. The molecular formula is C31H28F2N2O5. The summed E-state index contributed by atoms with van der Waals surface area (Å²) in [5, 5.41) is 6.07. The minimum Gasteiger partial charge on any atom is -0.493 e. The summed E-state index contributed by atoms with van der Waals surface area (Å²) in [4.78, 5) is 26.2. The zero-order valence-corrected chi connectivity index (χ0v) is 22.1. The molecule has 1 aliphatic heterocycles. The van der Waals surface area contributed by atoms with Gasteiger partial charge in [-0.1, -0.05) is 24.3 Å². The van der Waals surface area contributed by atoms with Crippen LogP contribution in [-0.4, -0.2) is 43.4 Å². The van der Waals surface area contributed by atoms with Crippen molar-refractivity contribution in [1.29, 1.82) is 0 Å². The summed E-state index contributed by atoms with van der Waals surface area (Å²) in [7, 11) is 2.94. The van der Waals surface area contributed by atoms with E-state index in [-0.39, 0.29) is 23.1 Å². The van der Waals surface area contributed by atoms with Crippen molar-refractivity contribution >= 4 is 23.7 Å². The van der Waals surface area contributed by atoms with Crippen molar-refractivity contribution < 1.29 is 32.6 Å². The van der Waals surface area contributed by atoms with Crippen LogP contribution >= 0.6 is 0 Å². The Balaban J connectivity index is 1.41. The van der Waals surface area contributed by atoms with E-state index in [1.165, 1.54) is 55.6 Å². The lowest BCUT2D eigenvalue weighted by atomic mass is 9.77. The van der Waals surface area contributed by atoms with Crippen molar-refractivity contribution in [3.05, 3.63) is 101 Å². The molecule has 2 aliphatic rings. The predicted octanol–water partition coefficient (Wildman–Crippen LogP) is 5.96. The highest BCUT2D eigenvalue weighted by Gasteiger charge is 2.43. The van der Waals surface area contributed by atoms with E-state index in [0.29, 0.717) is 11.5 Å². The van der Waals surface area contributed by atoms with Crippen LogP contribution in [0.4, 0.5) is 8.78 Å². The number of nitrogens with zero attached hydrogens (tertiary/aromatic N) is 2. The maximum atomic E-state index is 13.7. The number of fused-ring (bicyclic) bond motifs is 1. The summed E-state index contributed by atoms with van der Waals surface area (Å²) in [5.74, 6) is -1.23. The van der Waals surface area contributed by atoms with Crippen LogP contribution in [0.5, 0.6) is 11.5 Å². The second-order valence-electron chi connectivity index (χ2n) is 9.59. The Bertz CT molecular complexity index is 1470. The first-order valence-corrected chi connectivity index (χ1v) is 12.9. The number of benzene rings is 3. The quantitative estimate of drug-likeness (QED) is 0.342. The first kappa shape index (κ1) is 27.1. The highest BCUT2D eigenvalue weighted by molar-refractivity contribution is 6.08. The lowest BCUT2D eigenvalue weighted by Gasteiger charge is -2.29. The molecule has 3 aromatic carbocycles. The Kier molecular flexibility index (Phi) is 7.91. The Hall–Kier alpha value is -4.53. The first-order chi connectivity index (χ1) is 19.4. The van der Waals surface area contributed by atoms with E-state index in [9.17, 15) is 18.4 Å². The maximum absolute atomic E-state index is 13.7. The van der Waals surface area contributed by atoms with E-state index in [2.05, 4.69) is 0 Å². The largest absolute Gasteiger partial charge is 0.493 e. The topological polar surface area (TPSA) is 77.4 Å². The van der Waals surface area contributed by atoms with Gasteiger partial charge in [0.1, 0.15) is 11.6 Å². The van der Waals surface area contributed by atoms with Gasteiger partial charge >= 0.3 is 5.97 Å². The summed E-state index contributed by atoms with van der Waals surface area (Å²) in [6.45, 7) is -0.536. The van der Waals surface area contributed by atoms with Gasteiger partial charge in [0.05, 0.1) is 31.5 Å². The van der Waals surface area contributed by atoms with Crippen molar-refractivity contribution in [3.8, 4) is 11.5 Å². The maximum Gasteiger partial charge on any atom is 0.338 e. The van der Waals surface area contributed by atoms with Crippen molar-refractivity contribution in [3.63, 3.8) is 0 Å². The van der Waals surface area contributed by atoms with Crippen LogP contribution in [0.1, 0.15) is 46.8 Å². The monoisotopic (exact) mass is 546 g/mol. The number of ether oxygens (including phenoxy) is 3. The van der Waals surface area contributed by atoms with Crippen molar-refractivity contribution in [1.82, 2.24) is 5.01 Å². The van der Waals surface area contributed by atoms with E-state index >= 15 is 0 Å². The average Bonchev–Trinajstić information content (AvgIpc) is 3.37. The molecule has 206 valence electrons. The molecule has 1 fully saturated rings. The number of esters is 1. The van der Waals surface area contributed by atoms with Crippen LogP contribution in [0.15, 0.2) is 77.4 Å². The molecule has 0 spiro atoms. The molecule has 3 aromatic rings. The number of methoxy groups -OCH3 is 2. The number of hydrogen-bond acceptors (Lipinski definition) is 6. The van der Waals surface area contributed by atoms with Crippen LogP contribution in [0.25, 0.3) is 6.08 Å². The lowest BCUT2D eigenvalue weighted by molar-refractivity contribution is -0.137. The van der Waals surface area contributed by atoms with Gasteiger partial charge in [0.15, 0.2) is 18.1 Å². The van der Waals surface area contributed by atoms with E-state index < -0.39 is 24.5 Å². The van der Waals surface area contributed by atoms with Gasteiger partial charge in [0.25, 0.3) is 5.91 Å². The number of halogens is 2. The Labute approximate surface area is 230 Å². The molecule has 0 N–H and O–H groups in total. The summed E-state index contributed by atoms with van der Waals surface area (Å²) in [6.07, 6.45) is 4.35. The van der Waals surface area contributed by atoms with Gasteiger partial charge in [-0.3, -0.25) is 4.79 Å². The second kappa shape index (κ2) is 11.7. The molecule has 2 unspecified atom stereocenters. The smallest absolute Gasteiger partial charge is 0.338 e. The normalized spacial score (nSPS) is 19.1. The third-order valence-electron chi connectivity index (χ3n) is 7.13. The Morgan fingerprint density at radius 1 is 0.950 bits per heavy atom. The fourth-order valence-corrected chi connectivity index (χ4v) is 5.20. The van der Waals surface area contributed by atoms with Crippen molar-refractivity contribution in [2.45, 2.75) is 25.3 Å². The van der Waals surface area contributed by atoms with Crippen LogP contribution < -0.4 is 9.47 Å². The van der Waals surface area contributed by atoms with Crippen LogP contribution in [0.2, 0.25) is 0 Å². The number of allylic oxidation sites excluding steroid dienone is 1. The number of carbonyl (C=O) groups excluding carboxylic acids is 2. The molecule has 5 rings (SSSR count). The number of carbonyl (C=O) groups is 2. The molecule has 9 heteroatoms. The van der Waals surface area contributed by atoms with Crippen LogP contribution in [-0.2, 0) is 9.53 Å². The molecule has 0 aromatic heterocycles. The third kappa shape index (κ3) is 5.59. The molecule has 2 atom stereocenters. The van der Waals surface area contributed by atoms with E-state index in [1.54, 1.807) is 30.3 Å². The molecule has 0 radical (unpaired) electrons. The van der Waals surface area contributed by atoms with Crippen molar-refractivity contribution in [2.24, 2.45) is 11.0 Å². The van der Waals surface area contributed by atoms with Gasteiger partial charge in [-0.05, 0) is 84.5 Å². The Morgan fingerprint density at radius 2 is 1.62 bits per heavy atom. The predicted molar refractivity (Wildman–Crippen MR) is 145 cm³/mol. The van der Waals surface area contributed by atoms with Gasteiger partial charge in [-0.15, -0.1) is 0 Å². The van der Waals surface area contributed by atoms with Gasteiger partial charge < -0.3 is 14.2 Å². The SMILES string of the molecule is COc1ccc(C(=O)OCC(=O)N2N=C3C(=Cc4ccc(F)cc4)CCCC3C2c2ccc(F)cc2)cc1OC. The highest BCUT2D eigenvalue weighted by atomic mass is 19.1. The van der Waals surface area contributed by atoms with Gasteiger partial charge in [0.2, 0.25) is 0 Å². The Morgan fingerprint density at radius 3 is 2.30 bits per heavy atom. The molecule has 1 heterocycles.